The van der Waals surface area contributed by atoms with Gasteiger partial charge in [0.1, 0.15) is 0 Å². The van der Waals surface area contributed by atoms with E-state index in [-0.39, 0.29) is 20.4 Å². The second-order valence-electron chi connectivity index (χ2n) is 12.4. The van der Waals surface area contributed by atoms with Crippen LogP contribution in [0.25, 0.3) is 50.1 Å². The minimum Gasteiger partial charge on any atom is -0.446 e. The van der Waals surface area contributed by atoms with Crippen LogP contribution in [0.3, 0.4) is 0 Å². The van der Waals surface area contributed by atoms with Crippen molar-refractivity contribution in [1.29, 1.82) is 0 Å². The molecule has 0 atom stereocenters. The quantitative estimate of drug-likeness (QED) is 0.147. The molecule has 246 valence electrons. The van der Waals surface area contributed by atoms with E-state index in [1.165, 1.54) is 96.2 Å². The summed E-state index contributed by atoms with van der Waals surface area (Å²) in [7, 11) is 0. The minimum atomic E-state index is 0.268. The average Bonchev–Trinajstić information content (AvgIpc) is 3.98. The third-order valence-corrected chi connectivity index (χ3v) is 17.2. The van der Waals surface area contributed by atoms with Crippen molar-refractivity contribution in [3.63, 3.8) is 0 Å². The first-order valence-corrected chi connectivity index (χ1v) is 21.0. The Labute approximate surface area is 316 Å². The lowest BCUT2D eigenvalue weighted by molar-refractivity contribution is 0.0853. The fraction of sp³-hybridized carbons (Fsp3) is 0.0769. The van der Waals surface area contributed by atoms with E-state index in [2.05, 4.69) is 72.8 Å². The zero-order valence-corrected chi connectivity index (χ0v) is 30.8. The summed E-state index contributed by atoms with van der Waals surface area (Å²) in [6.07, 6.45) is 0. The van der Waals surface area contributed by atoms with Gasteiger partial charge in [-0.3, -0.25) is 0 Å². The summed E-state index contributed by atoms with van der Waals surface area (Å²) in [4.78, 5) is 0. The largest absolute Gasteiger partial charge is 0.446 e. The fourth-order valence-corrected chi connectivity index (χ4v) is 15.2. The van der Waals surface area contributed by atoms with Crippen molar-refractivity contribution in [2.75, 3.05) is 20.4 Å². The highest BCUT2D eigenvalue weighted by atomic mass is 32.2. The van der Waals surface area contributed by atoms with E-state index in [9.17, 15) is 0 Å². The number of thioether (sulfide) groups is 6. The molecule has 6 nitrogen and oxygen atoms in total. The normalized spacial score (nSPS) is 20.7. The predicted octanol–water partition coefficient (Wildman–Crippen LogP) is 11.6. The lowest BCUT2D eigenvalue weighted by Gasteiger charge is -2.20. The molecule has 0 unspecified atom stereocenters. The zero-order valence-electron chi connectivity index (χ0n) is 25.9. The summed E-state index contributed by atoms with van der Waals surface area (Å²) >= 11 is 10.1. The highest BCUT2D eigenvalue weighted by molar-refractivity contribution is 8.29. The van der Waals surface area contributed by atoms with Gasteiger partial charge in [-0.15, -0.1) is 0 Å². The van der Waals surface area contributed by atoms with Crippen molar-refractivity contribution in [3.8, 4) is 33.4 Å². The Bertz CT molecular complexity index is 2270. The van der Waals surface area contributed by atoms with Gasteiger partial charge in [0.25, 0.3) is 0 Å². The molecule has 0 spiro atoms. The summed E-state index contributed by atoms with van der Waals surface area (Å²) < 4.78 is 39.1. The molecule has 51 heavy (non-hydrogen) atoms. The highest BCUT2D eigenvalue weighted by Crippen LogP contribution is 2.70. The molecule has 0 N–H and O–H groups in total. The van der Waals surface area contributed by atoms with Gasteiger partial charge in [-0.05, 0) is 121 Å². The standard InChI is InChI=1S/C39H18O6S6/c1-4-10-19-16(7-1)22-28(25(19)37-46-31-32(47-37)41-13-40-31)23-18-9-3-6-12-21(18)27(39-50-35-36(51-39)45-15-44-35)30(23)24-17-8-2-5-11-20(17)26(29(22)24)38-48-33-34(49-38)43-14-42-33/h1-12H,13-15H2. The molecule has 0 bridgehead atoms. The number of hydrogen-bond donors (Lipinski definition) is 0. The first-order chi connectivity index (χ1) is 25.3. The molecule has 0 aromatic heterocycles. The minimum absolute atomic E-state index is 0.268. The number of hydrogen-bond acceptors (Lipinski definition) is 12. The Hall–Kier alpha value is -3.78. The van der Waals surface area contributed by atoms with Crippen molar-refractivity contribution in [1.82, 2.24) is 0 Å². The van der Waals surface area contributed by atoms with E-state index >= 15 is 0 Å². The Kier molecular flexibility index (Phi) is 5.88. The second kappa shape index (κ2) is 10.4. The van der Waals surface area contributed by atoms with Gasteiger partial charge in [0.2, 0.25) is 50.9 Å². The Morgan fingerprint density at radius 1 is 0.294 bits per heavy atom. The number of rotatable bonds is 0. The van der Waals surface area contributed by atoms with Crippen molar-refractivity contribution in [3.05, 3.63) is 149 Å². The van der Waals surface area contributed by atoms with Crippen LogP contribution >= 0.6 is 70.6 Å². The zero-order chi connectivity index (χ0) is 32.9. The second-order valence-corrected chi connectivity index (χ2v) is 19.1. The molecule has 0 saturated heterocycles. The highest BCUT2D eigenvalue weighted by Gasteiger charge is 2.47. The van der Waals surface area contributed by atoms with Gasteiger partial charge in [0.15, 0.2) is 0 Å². The van der Waals surface area contributed by atoms with Crippen LogP contribution in [0.2, 0.25) is 0 Å². The summed E-state index contributed by atoms with van der Waals surface area (Å²) in [5, 5.41) is 5.10. The maximum absolute atomic E-state index is 5.93. The first kappa shape index (κ1) is 28.8. The molecule has 4 aromatic rings. The van der Waals surface area contributed by atoms with Gasteiger partial charge in [-0.1, -0.05) is 72.8 Å². The van der Waals surface area contributed by atoms with E-state index in [0.717, 1.165) is 30.5 Å². The molecule has 6 aliphatic heterocycles. The van der Waals surface area contributed by atoms with E-state index in [0.29, 0.717) is 0 Å². The summed E-state index contributed by atoms with van der Waals surface area (Å²) in [5.74, 6) is 0. The molecule has 9 aliphatic rings. The molecule has 0 fully saturated rings. The molecule has 13 rings (SSSR count). The molecule has 6 heterocycles. The van der Waals surface area contributed by atoms with Gasteiger partial charge in [-0.25, -0.2) is 0 Å². The molecule has 0 saturated carbocycles. The van der Waals surface area contributed by atoms with Crippen LogP contribution in [-0.2, 0) is 28.4 Å². The fourth-order valence-electron chi connectivity index (χ4n) is 8.17. The van der Waals surface area contributed by atoms with Crippen LogP contribution < -0.4 is 0 Å². The maximum atomic E-state index is 5.93. The topological polar surface area (TPSA) is 55.4 Å². The van der Waals surface area contributed by atoms with Crippen molar-refractivity contribution >= 4 is 87.3 Å². The van der Waals surface area contributed by atoms with Crippen molar-refractivity contribution < 1.29 is 28.4 Å². The van der Waals surface area contributed by atoms with Gasteiger partial charge in [-0.2, -0.15) is 0 Å². The maximum Gasteiger partial charge on any atom is 0.232 e. The molecule has 3 aliphatic carbocycles. The SMILES string of the molecule is c1ccc2c(c1)C(=C1SC3=C(OCO3)S1)c1c-2c2c(c3c1-c1ccccc1C3=C1SC3=C(OCO3)S1)-c1ccccc1C2=C1SC2=C(OCO2)S1. The van der Waals surface area contributed by atoms with Crippen LogP contribution in [0, 0.1) is 0 Å². The van der Waals surface area contributed by atoms with Gasteiger partial charge >= 0.3 is 0 Å². The predicted molar refractivity (Wildman–Crippen MR) is 209 cm³/mol. The van der Waals surface area contributed by atoms with Crippen LogP contribution in [-0.4, -0.2) is 20.4 Å². The summed E-state index contributed by atoms with van der Waals surface area (Å²) in [6, 6.07) is 26.7. The average molecular weight is 775 g/mol. The molecular weight excluding hydrogens is 757 g/mol. The molecule has 4 aromatic carbocycles. The molecule has 0 radical (unpaired) electrons. The van der Waals surface area contributed by atoms with Crippen molar-refractivity contribution in [2.45, 2.75) is 0 Å². The Morgan fingerprint density at radius 3 is 0.784 bits per heavy atom. The number of ether oxygens (including phenoxy) is 6. The summed E-state index contributed by atoms with van der Waals surface area (Å²) in [5.41, 5.74) is 18.7. The van der Waals surface area contributed by atoms with E-state index < -0.39 is 0 Å². The van der Waals surface area contributed by atoms with Gasteiger partial charge in [0.05, 0.1) is 12.7 Å². The van der Waals surface area contributed by atoms with Crippen molar-refractivity contribution in [2.24, 2.45) is 0 Å². The lowest BCUT2D eigenvalue weighted by Crippen LogP contribution is -1.98. The monoisotopic (exact) mass is 774 g/mol. The first-order valence-electron chi connectivity index (χ1n) is 16.1. The third kappa shape index (κ3) is 3.75. The Balaban J connectivity index is 1.20. The van der Waals surface area contributed by atoms with Crippen LogP contribution in [0.4, 0.5) is 0 Å². The van der Waals surface area contributed by atoms with Gasteiger partial charge < -0.3 is 28.4 Å². The molecule has 12 heteroatoms. The number of fused-ring (bicyclic) bond motifs is 12. The Morgan fingerprint density at radius 2 is 0.529 bits per heavy atom. The van der Waals surface area contributed by atoms with E-state index in [1.54, 1.807) is 70.6 Å². The van der Waals surface area contributed by atoms with Crippen LogP contribution in [0.15, 0.2) is 116 Å². The van der Waals surface area contributed by atoms with E-state index in [4.69, 9.17) is 28.4 Å². The van der Waals surface area contributed by atoms with Crippen LogP contribution in [0.1, 0.15) is 33.4 Å². The smallest absolute Gasteiger partial charge is 0.232 e. The van der Waals surface area contributed by atoms with Crippen LogP contribution in [0.5, 0.6) is 0 Å². The van der Waals surface area contributed by atoms with E-state index in [1.807, 2.05) is 0 Å². The summed E-state index contributed by atoms with van der Waals surface area (Å²) in [6.45, 7) is 0.805. The molecule has 0 amide bonds. The third-order valence-electron chi connectivity index (χ3n) is 10.0. The van der Waals surface area contributed by atoms with Gasteiger partial charge in [0, 0.05) is 33.4 Å². The molecular formula is C39H18O6S6. The number of benzene rings is 4. The lowest BCUT2D eigenvalue weighted by atomic mass is 9.84.